The zero-order valence-electron chi connectivity index (χ0n) is 16.9. The first-order valence-electron chi connectivity index (χ1n) is 9.81. The average molecular weight is 427 g/mol. The van der Waals surface area contributed by atoms with Crippen molar-refractivity contribution in [2.45, 2.75) is 6.42 Å². The summed E-state index contributed by atoms with van der Waals surface area (Å²) >= 11 is 0. The standard InChI is InChI=1S/C21H22FN5O4/c1-26-17-11-19(15(20(23)28)9-13(17)12-25-26)31-18-4-3-14(10-16(18)22)30-8-2-6-27-7-5-24-21(27)29/h3-4,9-12H,2,5-8H2,1H3,(H2,23,28)(H,24,29). The van der Waals surface area contributed by atoms with Crippen LogP contribution in [0.3, 0.4) is 0 Å². The number of carbonyl (C=O) groups excluding carboxylic acids is 2. The monoisotopic (exact) mass is 427 g/mol. The van der Waals surface area contributed by atoms with E-state index in [4.69, 9.17) is 15.2 Å². The molecule has 3 amide bonds. The van der Waals surface area contributed by atoms with Crippen molar-refractivity contribution in [1.29, 1.82) is 0 Å². The number of primary amides is 1. The molecule has 1 aliphatic heterocycles. The molecule has 0 unspecified atom stereocenters. The van der Waals surface area contributed by atoms with Crippen LogP contribution in [-0.2, 0) is 7.05 Å². The van der Waals surface area contributed by atoms with Gasteiger partial charge in [-0.1, -0.05) is 0 Å². The lowest BCUT2D eigenvalue weighted by Gasteiger charge is -2.14. The number of nitrogens with two attached hydrogens (primary N) is 1. The van der Waals surface area contributed by atoms with Crippen LogP contribution in [-0.4, -0.2) is 52.9 Å². The van der Waals surface area contributed by atoms with Crippen molar-refractivity contribution in [2.75, 3.05) is 26.2 Å². The minimum atomic E-state index is -0.687. The molecule has 4 rings (SSSR count). The van der Waals surface area contributed by atoms with Crippen molar-refractivity contribution in [2.24, 2.45) is 12.8 Å². The molecule has 0 saturated carbocycles. The van der Waals surface area contributed by atoms with Gasteiger partial charge in [0.05, 0.1) is 23.9 Å². The van der Waals surface area contributed by atoms with E-state index in [1.807, 2.05) is 0 Å². The number of aryl methyl sites for hydroxylation is 1. The minimum Gasteiger partial charge on any atom is -0.493 e. The Morgan fingerprint density at radius 1 is 1.29 bits per heavy atom. The SMILES string of the molecule is Cn1ncc2cc(C(N)=O)c(Oc3ccc(OCCCN4CCNC4=O)cc3F)cc21. The van der Waals surface area contributed by atoms with Crippen molar-refractivity contribution >= 4 is 22.8 Å². The van der Waals surface area contributed by atoms with E-state index in [0.717, 1.165) is 5.39 Å². The van der Waals surface area contributed by atoms with Crippen LogP contribution in [0.4, 0.5) is 9.18 Å². The third-order valence-electron chi connectivity index (χ3n) is 5.02. The Morgan fingerprint density at radius 2 is 2.13 bits per heavy atom. The lowest BCUT2D eigenvalue weighted by Crippen LogP contribution is -2.29. The van der Waals surface area contributed by atoms with Gasteiger partial charge in [0.2, 0.25) is 0 Å². The highest BCUT2D eigenvalue weighted by Crippen LogP contribution is 2.32. The maximum Gasteiger partial charge on any atom is 0.317 e. The number of rotatable bonds is 8. The van der Waals surface area contributed by atoms with Crippen LogP contribution in [0.1, 0.15) is 16.8 Å². The van der Waals surface area contributed by atoms with Crippen LogP contribution in [0.5, 0.6) is 17.2 Å². The van der Waals surface area contributed by atoms with Crippen molar-refractivity contribution in [3.63, 3.8) is 0 Å². The van der Waals surface area contributed by atoms with Gasteiger partial charge in [0, 0.05) is 44.2 Å². The van der Waals surface area contributed by atoms with E-state index in [0.29, 0.717) is 43.9 Å². The number of hydrogen-bond donors (Lipinski definition) is 2. The molecule has 0 bridgehead atoms. The third kappa shape index (κ3) is 4.37. The average Bonchev–Trinajstić information content (AvgIpc) is 3.31. The van der Waals surface area contributed by atoms with Gasteiger partial charge in [0.15, 0.2) is 11.6 Å². The summed E-state index contributed by atoms with van der Waals surface area (Å²) in [5.74, 6) is -0.914. The summed E-state index contributed by atoms with van der Waals surface area (Å²) in [4.78, 5) is 25.0. The molecule has 0 radical (unpaired) electrons. The first-order chi connectivity index (χ1) is 14.9. The van der Waals surface area contributed by atoms with E-state index >= 15 is 0 Å². The number of nitrogens with zero attached hydrogens (tertiary/aromatic N) is 3. The number of halogens is 1. The van der Waals surface area contributed by atoms with E-state index in [2.05, 4.69) is 10.4 Å². The van der Waals surface area contributed by atoms with Crippen LogP contribution >= 0.6 is 0 Å². The summed E-state index contributed by atoms with van der Waals surface area (Å²) < 4.78 is 27.5. The van der Waals surface area contributed by atoms with Crippen LogP contribution in [0.2, 0.25) is 0 Å². The Labute approximate surface area is 177 Å². The van der Waals surface area contributed by atoms with Gasteiger partial charge in [-0.3, -0.25) is 9.48 Å². The first kappa shape index (κ1) is 20.5. The highest BCUT2D eigenvalue weighted by atomic mass is 19.1. The number of benzene rings is 2. The summed E-state index contributed by atoms with van der Waals surface area (Å²) in [7, 11) is 1.75. The molecular weight excluding hydrogens is 405 g/mol. The number of aromatic nitrogens is 2. The fourth-order valence-electron chi connectivity index (χ4n) is 3.40. The molecule has 0 aliphatic carbocycles. The number of urea groups is 1. The first-order valence-corrected chi connectivity index (χ1v) is 9.81. The molecule has 0 atom stereocenters. The summed E-state index contributed by atoms with van der Waals surface area (Å²) in [6, 6.07) is 7.30. The van der Waals surface area contributed by atoms with E-state index in [1.54, 1.807) is 41.0 Å². The normalized spacial score (nSPS) is 13.5. The van der Waals surface area contributed by atoms with Crippen LogP contribution in [0.15, 0.2) is 36.5 Å². The molecule has 3 N–H and O–H groups in total. The Kier molecular flexibility index (Phi) is 5.61. The second-order valence-electron chi connectivity index (χ2n) is 7.15. The summed E-state index contributed by atoms with van der Waals surface area (Å²) in [5, 5.41) is 7.59. The van der Waals surface area contributed by atoms with E-state index in [1.165, 1.54) is 12.1 Å². The molecule has 9 nitrogen and oxygen atoms in total. The predicted octanol–water partition coefficient (Wildman–Crippen LogP) is 2.40. The van der Waals surface area contributed by atoms with Crippen LogP contribution in [0, 0.1) is 5.82 Å². The Hall–Kier alpha value is -3.82. The number of fused-ring (bicyclic) bond motifs is 1. The summed E-state index contributed by atoms with van der Waals surface area (Å²) in [6.45, 7) is 2.24. The Bertz CT molecular complexity index is 1150. The van der Waals surface area contributed by atoms with E-state index in [9.17, 15) is 14.0 Å². The smallest absolute Gasteiger partial charge is 0.317 e. The van der Waals surface area contributed by atoms with Gasteiger partial charge in [0.1, 0.15) is 11.5 Å². The van der Waals surface area contributed by atoms with Gasteiger partial charge >= 0.3 is 6.03 Å². The lowest BCUT2D eigenvalue weighted by atomic mass is 10.1. The highest BCUT2D eigenvalue weighted by Gasteiger charge is 2.19. The number of ether oxygens (including phenoxy) is 2. The van der Waals surface area contributed by atoms with Crippen molar-refractivity contribution in [1.82, 2.24) is 20.0 Å². The van der Waals surface area contributed by atoms with Crippen LogP contribution in [0.25, 0.3) is 10.9 Å². The summed E-state index contributed by atoms with van der Waals surface area (Å²) in [6.07, 6.45) is 2.23. The molecule has 2 aromatic carbocycles. The van der Waals surface area contributed by atoms with Crippen molar-refractivity contribution in [3.05, 3.63) is 47.9 Å². The van der Waals surface area contributed by atoms with E-state index < -0.39 is 11.7 Å². The number of nitrogens with one attached hydrogen (secondary N) is 1. The third-order valence-corrected chi connectivity index (χ3v) is 5.02. The second kappa shape index (κ2) is 8.50. The second-order valence-corrected chi connectivity index (χ2v) is 7.15. The fraction of sp³-hybridized carbons (Fsp3) is 0.286. The van der Waals surface area contributed by atoms with Gasteiger partial charge in [0.25, 0.3) is 5.91 Å². The van der Waals surface area contributed by atoms with Gasteiger partial charge in [-0.25, -0.2) is 9.18 Å². The maximum atomic E-state index is 14.6. The quantitative estimate of drug-likeness (QED) is 0.536. The molecule has 31 heavy (non-hydrogen) atoms. The van der Waals surface area contributed by atoms with Gasteiger partial charge in [-0.15, -0.1) is 0 Å². The molecular formula is C21H22FN5O4. The Morgan fingerprint density at radius 3 is 2.84 bits per heavy atom. The fourth-order valence-corrected chi connectivity index (χ4v) is 3.40. The maximum absolute atomic E-state index is 14.6. The number of amides is 3. The molecule has 1 fully saturated rings. The van der Waals surface area contributed by atoms with Gasteiger partial charge in [-0.05, 0) is 24.6 Å². The predicted molar refractivity (Wildman–Crippen MR) is 111 cm³/mol. The minimum absolute atomic E-state index is 0.0647. The lowest BCUT2D eigenvalue weighted by molar-refractivity contribution is 0.0998. The number of carbonyl (C=O) groups is 2. The van der Waals surface area contributed by atoms with Crippen molar-refractivity contribution < 1.29 is 23.5 Å². The van der Waals surface area contributed by atoms with Gasteiger partial charge < -0.3 is 25.4 Å². The molecule has 1 aromatic heterocycles. The topological polar surface area (TPSA) is 112 Å². The van der Waals surface area contributed by atoms with Crippen LogP contribution < -0.4 is 20.5 Å². The highest BCUT2D eigenvalue weighted by molar-refractivity contribution is 6.00. The number of hydrogen-bond acceptors (Lipinski definition) is 5. The Balaban J connectivity index is 1.43. The molecule has 1 saturated heterocycles. The molecule has 162 valence electrons. The zero-order valence-corrected chi connectivity index (χ0v) is 16.9. The zero-order chi connectivity index (χ0) is 22.0. The molecule has 2 heterocycles. The molecule has 3 aromatic rings. The largest absolute Gasteiger partial charge is 0.493 e. The molecule has 0 spiro atoms. The van der Waals surface area contributed by atoms with E-state index in [-0.39, 0.29) is 23.1 Å². The molecule has 1 aliphatic rings. The molecule has 10 heteroatoms. The van der Waals surface area contributed by atoms with Gasteiger partial charge in [-0.2, -0.15) is 5.10 Å². The van der Waals surface area contributed by atoms with Crippen molar-refractivity contribution in [3.8, 4) is 17.2 Å². The summed E-state index contributed by atoms with van der Waals surface area (Å²) in [5.41, 5.74) is 6.31.